The lowest BCUT2D eigenvalue weighted by molar-refractivity contribution is -0.0858. The van der Waals surface area contributed by atoms with Crippen molar-refractivity contribution >= 4 is 0 Å². The van der Waals surface area contributed by atoms with Crippen LogP contribution in [0.2, 0.25) is 0 Å². The fourth-order valence-electron chi connectivity index (χ4n) is 2.75. The first-order valence-electron chi connectivity index (χ1n) is 8.41. The first kappa shape index (κ1) is 18.3. The average molecular weight is 330 g/mol. The van der Waals surface area contributed by atoms with Crippen molar-refractivity contribution in [2.75, 3.05) is 13.2 Å². The third-order valence-electron chi connectivity index (χ3n) is 4.16. The molecule has 24 heavy (non-hydrogen) atoms. The van der Waals surface area contributed by atoms with Gasteiger partial charge in [-0.05, 0) is 55.7 Å². The van der Waals surface area contributed by atoms with Crippen molar-refractivity contribution in [2.24, 2.45) is 0 Å². The molecule has 4 nitrogen and oxygen atoms in total. The van der Waals surface area contributed by atoms with Crippen molar-refractivity contribution < 1.29 is 19.7 Å². The summed E-state index contributed by atoms with van der Waals surface area (Å²) in [6.07, 6.45) is -0.647. The van der Waals surface area contributed by atoms with Gasteiger partial charge in [0.1, 0.15) is 23.2 Å². The van der Waals surface area contributed by atoms with E-state index >= 15 is 0 Å². The summed E-state index contributed by atoms with van der Waals surface area (Å²) >= 11 is 0. The number of benzene rings is 2. The average Bonchev–Trinajstić information content (AvgIpc) is 2.62. The van der Waals surface area contributed by atoms with E-state index in [1.165, 1.54) is 0 Å². The second-order valence-electron chi connectivity index (χ2n) is 5.64. The molecule has 0 spiro atoms. The number of rotatable bonds is 8. The van der Waals surface area contributed by atoms with Crippen molar-refractivity contribution in [2.45, 2.75) is 38.9 Å². The van der Waals surface area contributed by atoms with Crippen LogP contribution in [0, 0.1) is 0 Å². The Balaban J connectivity index is 2.26. The van der Waals surface area contributed by atoms with E-state index in [9.17, 15) is 10.2 Å². The Morgan fingerprint density at radius 2 is 1.29 bits per heavy atom. The summed E-state index contributed by atoms with van der Waals surface area (Å²) in [7, 11) is 0. The third-order valence-corrected chi connectivity index (χ3v) is 4.16. The Hall–Kier alpha value is -2.04. The van der Waals surface area contributed by atoms with E-state index in [0.29, 0.717) is 30.8 Å². The summed E-state index contributed by atoms with van der Waals surface area (Å²) in [6.45, 7) is 6.88. The molecule has 130 valence electrons. The third kappa shape index (κ3) is 3.89. The van der Waals surface area contributed by atoms with Crippen molar-refractivity contribution in [1.29, 1.82) is 0 Å². The van der Waals surface area contributed by atoms with E-state index < -0.39 is 11.7 Å². The molecule has 0 radical (unpaired) electrons. The highest BCUT2D eigenvalue weighted by molar-refractivity contribution is 5.35. The van der Waals surface area contributed by atoms with E-state index in [1.807, 2.05) is 32.9 Å². The van der Waals surface area contributed by atoms with Crippen molar-refractivity contribution in [3.63, 3.8) is 0 Å². The Bertz CT molecular complexity index is 621. The second kappa shape index (κ2) is 8.18. The van der Waals surface area contributed by atoms with Crippen LogP contribution in [-0.2, 0) is 5.60 Å². The highest BCUT2D eigenvalue weighted by Gasteiger charge is 2.36. The number of ether oxygens (including phenoxy) is 2. The predicted octanol–water partition coefficient (Wildman–Crippen LogP) is 3.82. The van der Waals surface area contributed by atoms with Crippen LogP contribution in [0.3, 0.4) is 0 Å². The number of aliphatic hydroxyl groups is 2. The van der Waals surface area contributed by atoms with Crippen LogP contribution in [0.1, 0.15) is 44.4 Å². The van der Waals surface area contributed by atoms with Gasteiger partial charge in [-0.2, -0.15) is 0 Å². The Morgan fingerprint density at radius 1 is 0.833 bits per heavy atom. The van der Waals surface area contributed by atoms with Gasteiger partial charge in [0.25, 0.3) is 0 Å². The normalized spacial score (nSPS) is 14.7. The lowest BCUT2D eigenvalue weighted by Crippen LogP contribution is -2.32. The molecular weight excluding hydrogens is 304 g/mol. The van der Waals surface area contributed by atoms with Crippen LogP contribution >= 0.6 is 0 Å². The molecule has 2 aromatic rings. The molecule has 0 aliphatic carbocycles. The maximum Gasteiger partial charge on any atom is 0.119 e. The van der Waals surface area contributed by atoms with Gasteiger partial charge >= 0.3 is 0 Å². The van der Waals surface area contributed by atoms with Gasteiger partial charge in [0, 0.05) is 0 Å². The summed E-state index contributed by atoms with van der Waals surface area (Å²) in [6, 6.07) is 14.4. The second-order valence-corrected chi connectivity index (χ2v) is 5.64. The zero-order valence-electron chi connectivity index (χ0n) is 14.5. The SMILES string of the molecule is CCOc1ccc(C(O)C(O)(CC)c2ccc(OCC)cc2)cc1. The van der Waals surface area contributed by atoms with E-state index in [1.54, 1.807) is 36.4 Å². The summed E-state index contributed by atoms with van der Waals surface area (Å²) < 4.78 is 10.8. The van der Waals surface area contributed by atoms with Gasteiger partial charge in [0.2, 0.25) is 0 Å². The Labute approximate surface area is 143 Å². The standard InChI is InChI=1S/C20H26O4/c1-4-20(22,16-9-13-18(14-10-16)24-6-3)19(21)15-7-11-17(12-8-15)23-5-2/h7-14,19,21-22H,4-6H2,1-3H3. The monoisotopic (exact) mass is 330 g/mol. The van der Waals surface area contributed by atoms with Gasteiger partial charge in [-0.25, -0.2) is 0 Å². The molecule has 0 aromatic heterocycles. The Kier molecular flexibility index (Phi) is 6.23. The molecule has 0 bridgehead atoms. The molecule has 2 aromatic carbocycles. The minimum Gasteiger partial charge on any atom is -0.494 e. The summed E-state index contributed by atoms with van der Waals surface area (Å²) in [5.41, 5.74) is -0.0516. The largest absolute Gasteiger partial charge is 0.494 e. The number of hydrogen-bond acceptors (Lipinski definition) is 4. The summed E-state index contributed by atoms with van der Waals surface area (Å²) in [5.74, 6) is 1.49. The molecule has 0 fully saturated rings. The topological polar surface area (TPSA) is 58.9 Å². The van der Waals surface area contributed by atoms with Crippen molar-refractivity contribution in [1.82, 2.24) is 0 Å². The van der Waals surface area contributed by atoms with Crippen LogP contribution in [0.15, 0.2) is 48.5 Å². The first-order chi connectivity index (χ1) is 11.5. The summed E-state index contributed by atoms with van der Waals surface area (Å²) in [5, 5.41) is 21.8. The van der Waals surface area contributed by atoms with E-state index in [4.69, 9.17) is 9.47 Å². The minimum absolute atomic E-state index is 0.384. The van der Waals surface area contributed by atoms with Crippen LogP contribution in [0.5, 0.6) is 11.5 Å². The van der Waals surface area contributed by atoms with Gasteiger partial charge in [0.05, 0.1) is 13.2 Å². The van der Waals surface area contributed by atoms with Gasteiger partial charge in [-0.1, -0.05) is 31.2 Å². The number of aliphatic hydroxyl groups excluding tert-OH is 1. The molecule has 2 N–H and O–H groups in total. The quantitative estimate of drug-likeness (QED) is 0.772. The molecular formula is C20H26O4. The van der Waals surface area contributed by atoms with Gasteiger partial charge < -0.3 is 19.7 Å². The molecule has 0 saturated heterocycles. The molecule has 0 aliphatic heterocycles. The van der Waals surface area contributed by atoms with Crippen LogP contribution in [0.4, 0.5) is 0 Å². The molecule has 2 atom stereocenters. The van der Waals surface area contributed by atoms with Gasteiger partial charge in [-0.3, -0.25) is 0 Å². The molecule has 0 saturated carbocycles. The van der Waals surface area contributed by atoms with Crippen molar-refractivity contribution in [3.05, 3.63) is 59.7 Å². The van der Waals surface area contributed by atoms with Crippen LogP contribution < -0.4 is 9.47 Å². The van der Waals surface area contributed by atoms with E-state index in [0.717, 1.165) is 11.5 Å². The van der Waals surface area contributed by atoms with E-state index in [2.05, 4.69) is 0 Å². The fourth-order valence-corrected chi connectivity index (χ4v) is 2.75. The molecule has 4 heteroatoms. The minimum atomic E-state index is -1.36. The molecule has 2 unspecified atom stereocenters. The first-order valence-corrected chi connectivity index (χ1v) is 8.41. The highest BCUT2D eigenvalue weighted by atomic mass is 16.5. The zero-order valence-corrected chi connectivity index (χ0v) is 14.5. The van der Waals surface area contributed by atoms with Crippen LogP contribution in [0.25, 0.3) is 0 Å². The maximum absolute atomic E-state index is 11.1. The van der Waals surface area contributed by atoms with Crippen LogP contribution in [-0.4, -0.2) is 23.4 Å². The maximum atomic E-state index is 11.1. The van der Waals surface area contributed by atoms with Gasteiger partial charge in [0.15, 0.2) is 0 Å². The van der Waals surface area contributed by atoms with E-state index in [-0.39, 0.29) is 0 Å². The Morgan fingerprint density at radius 3 is 1.71 bits per heavy atom. The molecule has 0 amide bonds. The zero-order chi connectivity index (χ0) is 17.6. The lowest BCUT2D eigenvalue weighted by Gasteiger charge is -2.33. The molecule has 0 heterocycles. The molecule has 2 rings (SSSR count). The fraction of sp³-hybridized carbons (Fsp3) is 0.400. The summed E-state index contributed by atoms with van der Waals surface area (Å²) in [4.78, 5) is 0. The van der Waals surface area contributed by atoms with Crippen molar-refractivity contribution in [3.8, 4) is 11.5 Å². The molecule has 0 aliphatic rings. The lowest BCUT2D eigenvalue weighted by atomic mass is 9.82. The highest BCUT2D eigenvalue weighted by Crippen LogP contribution is 2.38. The predicted molar refractivity (Wildman–Crippen MR) is 94.4 cm³/mol. The van der Waals surface area contributed by atoms with Gasteiger partial charge in [-0.15, -0.1) is 0 Å². The number of hydrogen-bond donors (Lipinski definition) is 2. The smallest absolute Gasteiger partial charge is 0.119 e.